The number of aryl methyl sites for hydroxylation is 1. The molecule has 0 bridgehead atoms. The van der Waals surface area contributed by atoms with Crippen LogP contribution in [0.1, 0.15) is 25.1 Å². The van der Waals surface area contributed by atoms with Gasteiger partial charge >= 0.3 is 0 Å². The SMILES string of the molecule is Cc1nsc(N2CCCCC2CO)n1. The lowest BCUT2D eigenvalue weighted by molar-refractivity contribution is 0.240. The molecule has 1 saturated heterocycles. The number of anilines is 1. The molecule has 0 amide bonds. The van der Waals surface area contributed by atoms with Gasteiger partial charge in [0, 0.05) is 18.1 Å². The molecule has 1 fully saturated rings. The Labute approximate surface area is 87.8 Å². The van der Waals surface area contributed by atoms with E-state index in [1.807, 2.05) is 6.92 Å². The van der Waals surface area contributed by atoms with Crippen LogP contribution in [0.2, 0.25) is 0 Å². The van der Waals surface area contributed by atoms with E-state index >= 15 is 0 Å². The molecule has 1 atom stereocenters. The molecule has 14 heavy (non-hydrogen) atoms. The second kappa shape index (κ2) is 4.23. The molecule has 1 aromatic heterocycles. The second-order valence-corrected chi connectivity index (χ2v) is 4.38. The van der Waals surface area contributed by atoms with Crippen molar-refractivity contribution in [3.05, 3.63) is 5.82 Å². The average Bonchev–Trinajstić information content (AvgIpc) is 2.65. The highest BCUT2D eigenvalue weighted by molar-refractivity contribution is 7.09. The summed E-state index contributed by atoms with van der Waals surface area (Å²) in [5.41, 5.74) is 0. The topological polar surface area (TPSA) is 49.2 Å². The largest absolute Gasteiger partial charge is 0.394 e. The lowest BCUT2D eigenvalue weighted by atomic mass is 10.0. The third-order valence-corrected chi connectivity index (χ3v) is 3.45. The Morgan fingerprint density at radius 1 is 1.57 bits per heavy atom. The highest BCUT2D eigenvalue weighted by atomic mass is 32.1. The van der Waals surface area contributed by atoms with Crippen molar-refractivity contribution in [2.45, 2.75) is 32.2 Å². The maximum Gasteiger partial charge on any atom is 0.205 e. The first-order chi connectivity index (χ1) is 6.81. The van der Waals surface area contributed by atoms with Crippen LogP contribution in [0, 0.1) is 6.92 Å². The number of aromatic nitrogens is 2. The van der Waals surface area contributed by atoms with Crippen molar-refractivity contribution in [1.82, 2.24) is 9.36 Å². The molecule has 4 nitrogen and oxygen atoms in total. The first-order valence-corrected chi connectivity index (χ1v) is 5.76. The van der Waals surface area contributed by atoms with Crippen LogP contribution < -0.4 is 4.90 Å². The zero-order chi connectivity index (χ0) is 9.97. The zero-order valence-electron chi connectivity index (χ0n) is 8.31. The molecule has 0 aromatic carbocycles. The molecule has 5 heteroatoms. The molecule has 0 spiro atoms. The summed E-state index contributed by atoms with van der Waals surface area (Å²) in [4.78, 5) is 6.54. The third-order valence-electron chi connectivity index (χ3n) is 2.60. The van der Waals surface area contributed by atoms with Crippen molar-refractivity contribution in [2.75, 3.05) is 18.1 Å². The third kappa shape index (κ3) is 1.88. The normalized spacial score (nSPS) is 22.7. The van der Waals surface area contributed by atoms with E-state index in [1.165, 1.54) is 24.4 Å². The fourth-order valence-corrected chi connectivity index (χ4v) is 2.62. The zero-order valence-corrected chi connectivity index (χ0v) is 9.13. The molecule has 2 rings (SSSR count). The Balaban J connectivity index is 2.14. The number of hydrogen-bond donors (Lipinski definition) is 1. The standard InChI is InChI=1S/C9H15N3OS/c1-7-10-9(14-11-7)12-5-3-2-4-8(12)6-13/h8,13H,2-6H2,1H3. The monoisotopic (exact) mass is 213 g/mol. The summed E-state index contributed by atoms with van der Waals surface area (Å²) in [5, 5.41) is 10.2. The Hall–Kier alpha value is -0.680. The molecule has 1 aromatic rings. The fourth-order valence-electron chi connectivity index (χ4n) is 1.84. The summed E-state index contributed by atoms with van der Waals surface area (Å²) in [6.07, 6.45) is 3.46. The summed E-state index contributed by atoms with van der Waals surface area (Å²) in [6.45, 7) is 3.12. The highest BCUT2D eigenvalue weighted by Crippen LogP contribution is 2.25. The van der Waals surface area contributed by atoms with Crippen molar-refractivity contribution in [3.8, 4) is 0 Å². The van der Waals surface area contributed by atoms with Crippen LogP contribution in [0.25, 0.3) is 0 Å². The molecular weight excluding hydrogens is 198 g/mol. The van der Waals surface area contributed by atoms with Crippen molar-refractivity contribution in [1.29, 1.82) is 0 Å². The van der Waals surface area contributed by atoms with Crippen molar-refractivity contribution in [2.24, 2.45) is 0 Å². The van der Waals surface area contributed by atoms with E-state index in [0.717, 1.165) is 23.9 Å². The van der Waals surface area contributed by atoms with Gasteiger partial charge in [0.15, 0.2) is 0 Å². The Bertz CT molecular complexity index is 302. The number of aliphatic hydroxyl groups is 1. The number of nitrogens with zero attached hydrogens (tertiary/aromatic N) is 3. The van der Waals surface area contributed by atoms with Gasteiger partial charge in [-0.15, -0.1) is 0 Å². The minimum absolute atomic E-state index is 0.221. The van der Waals surface area contributed by atoms with Crippen molar-refractivity contribution < 1.29 is 5.11 Å². The summed E-state index contributed by atoms with van der Waals surface area (Å²) >= 11 is 1.43. The first-order valence-electron chi connectivity index (χ1n) is 4.99. The molecule has 78 valence electrons. The maximum atomic E-state index is 9.24. The highest BCUT2D eigenvalue weighted by Gasteiger charge is 2.24. The van der Waals surface area contributed by atoms with Crippen LogP contribution in [-0.2, 0) is 0 Å². The molecule has 1 aliphatic rings. The van der Waals surface area contributed by atoms with Gasteiger partial charge in [-0.1, -0.05) is 0 Å². The molecule has 0 radical (unpaired) electrons. The summed E-state index contributed by atoms with van der Waals surface area (Å²) in [6, 6.07) is 0.246. The van der Waals surface area contributed by atoms with Gasteiger partial charge in [0.1, 0.15) is 5.82 Å². The maximum absolute atomic E-state index is 9.24. The van der Waals surface area contributed by atoms with E-state index in [9.17, 15) is 5.11 Å². The minimum atomic E-state index is 0.221. The van der Waals surface area contributed by atoms with Gasteiger partial charge in [-0.3, -0.25) is 0 Å². The minimum Gasteiger partial charge on any atom is -0.394 e. The smallest absolute Gasteiger partial charge is 0.205 e. The quantitative estimate of drug-likeness (QED) is 0.802. The summed E-state index contributed by atoms with van der Waals surface area (Å²) in [7, 11) is 0. The van der Waals surface area contributed by atoms with E-state index in [0.29, 0.717) is 0 Å². The molecule has 1 N–H and O–H groups in total. The van der Waals surface area contributed by atoms with Crippen LogP contribution >= 0.6 is 11.5 Å². The van der Waals surface area contributed by atoms with E-state index in [4.69, 9.17) is 0 Å². The lowest BCUT2D eigenvalue weighted by Gasteiger charge is -2.33. The van der Waals surface area contributed by atoms with Gasteiger partial charge < -0.3 is 10.0 Å². The van der Waals surface area contributed by atoms with Gasteiger partial charge in [-0.2, -0.15) is 4.37 Å². The molecular formula is C9H15N3OS. The van der Waals surface area contributed by atoms with Crippen LogP contribution in [-0.4, -0.2) is 33.7 Å². The average molecular weight is 213 g/mol. The van der Waals surface area contributed by atoms with E-state index < -0.39 is 0 Å². The molecule has 1 unspecified atom stereocenters. The first kappa shape index (κ1) is 9.86. The van der Waals surface area contributed by atoms with Gasteiger partial charge in [0.2, 0.25) is 5.13 Å². The Kier molecular flexibility index (Phi) is 2.98. The molecule has 0 saturated carbocycles. The number of aliphatic hydroxyl groups excluding tert-OH is 1. The second-order valence-electron chi connectivity index (χ2n) is 3.65. The van der Waals surface area contributed by atoms with Gasteiger partial charge in [0.25, 0.3) is 0 Å². The number of piperidine rings is 1. The van der Waals surface area contributed by atoms with Crippen LogP contribution in [0.5, 0.6) is 0 Å². The lowest BCUT2D eigenvalue weighted by Crippen LogP contribution is -2.41. The van der Waals surface area contributed by atoms with Gasteiger partial charge in [0.05, 0.1) is 12.6 Å². The molecule has 2 heterocycles. The predicted octanol–water partition coefficient (Wildman–Crippen LogP) is 1.20. The fraction of sp³-hybridized carbons (Fsp3) is 0.778. The van der Waals surface area contributed by atoms with E-state index in [1.54, 1.807) is 0 Å². The van der Waals surface area contributed by atoms with Crippen molar-refractivity contribution in [3.63, 3.8) is 0 Å². The number of hydrogen-bond acceptors (Lipinski definition) is 5. The van der Waals surface area contributed by atoms with E-state index in [-0.39, 0.29) is 12.6 Å². The predicted molar refractivity (Wildman–Crippen MR) is 56.7 cm³/mol. The van der Waals surface area contributed by atoms with E-state index in [2.05, 4.69) is 14.3 Å². The van der Waals surface area contributed by atoms with Crippen LogP contribution in [0.3, 0.4) is 0 Å². The summed E-state index contributed by atoms with van der Waals surface area (Å²) < 4.78 is 4.17. The van der Waals surface area contributed by atoms with Gasteiger partial charge in [-0.25, -0.2) is 4.98 Å². The van der Waals surface area contributed by atoms with Gasteiger partial charge in [-0.05, 0) is 26.2 Å². The van der Waals surface area contributed by atoms with Crippen molar-refractivity contribution >= 4 is 16.7 Å². The summed E-state index contributed by atoms with van der Waals surface area (Å²) in [5.74, 6) is 0.826. The molecule has 0 aliphatic carbocycles. The Morgan fingerprint density at radius 2 is 2.43 bits per heavy atom. The van der Waals surface area contributed by atoms with Crippen LogP contribution in [0.15, 0.2) is 0 Å². The Morgan fingerprint density at radius 3 is 3.07 bits per heavy atom. The molecule has 1 aliphatic heterocycles. The number of rotatable bonds is 2. The van der Waals surface area contributed by atoms with Crippen LogP contribution in [0.4, 0.5) is 5.13 Å².